The molecule has 0 saturated carbocycles. The summed E-state index contributed by atoms with van der Waals surface area (Å²) in [5, 5.41) is 8.44. The summed E-state index contributed by atoms with van der Waals surface area (Å²) in [7, 11) is 0. The van der Waals surface area contributed by atoms with Crippen molar-refractivity contribution >= 4 is 11.8 Å². The highest BCUT2D eigenvalue weighted by atomic mass is 16.3. The lowest BCUT2D eigenvalue weighted by molar-refractivity contribution is -0.133. The third-order valence-electron chi connectivity index (χ3n) is 0.806. The fraction of sp³-hybridized carbons (Fsp3) is 0.333. The van der Waals surface area contributed by atoms with E-state index in [1.165, 1.54) is 0 Å². The Morgan fingerprint density at radius 1 is 1.25 bits per heavy atom. The Hall–Kier alpha value is -1.10. The van der Waals surface area contributed by atoms with Gasteiger partial charge >= 0.3 is 0 Å². The van der Waals surface area contributed by atoms with Gasteiger partial charge < -0.3 is 5.11 Å². The van der Waals surface area contributed by atoms with Crippen LogP contribution in [-0.2, 0) is 9.59 Å². The topological polar surface area (TPSA) is 78.4 Å². The van der Waals surface area contributed by atoms with Crippen LogP contribution in [0, 0.1) is 0 Å². The van der Waals surface area contributed by atoms with Crippen LogP contribution in [0.15, 0.2) is 0 Å². The molecule has 0 aromatic carbocycles. The largest absolute Gasteiger partial charge is 0.374 e. The van der Waals surface area contributed by atoms with Crippen LogP contribution in [0.25, 0.3) is 0 Å². The summed E-state index contributed by atoms with van der Waals surface area (Å²) in [5.41, 5.74) is 3.86. The normalized spacial score (nSPS) is 20.6. The zero-order chi connectivity index (χ0) is 6.15. The Labute approximate surface area is 44.7 Å². The number of hydrazine groups is 1. The first-order valence-electron chi connectivity index (χ1n) is 1.99. The minimum absolute atomic E-state index is 0.699. The molecule has 0 aromatic heterocycles. The Balaban J connectivity index is 2.70. The van der Waals surface area contributed by atoms with E-state index in [4.69, 9.17) is 5.11 Å². The number of carbonyl (C=O) groups is 2. The van der Waals surface area contributed by atoms with E-state index in [2.05, 4.69) is 0 Å². The molecule has 44 valence electrons. The van der Waals surface area contributed by atoms with Gasteiger partial charge in [0.05, 0.1) is 0 Å². The second-order valence-electron chi connectivity index (χ2n) is 1.38. The van der Waals surface area contributed by atoms with Gasteiger partial charge in [-0.15, -0.1) is 0 Å². The second-order valence-corrected chi connectivity index (χ2v) is 1.38. The zero-order valence-electron chi connectivity index (χ0n) is 3.84. The summed E-state index contributed by atoms with van der Waals surface area (Å²) >= 11 is 0. The number of nitrogens with one attached hydrogen (secondary N) is 2. The maximum Gasteiger partial charge on any atom is 0.277 e. The molecule has 1 rings (SSSR count). The molecule has 1 aliphatic rings. The number of rotatable bonds is 0. The van der Waals surface area contributed by atoms with Gasteiger partial charge in [0, 0.05) is 0 Å². The number of hydrogen-bond donors (Lipinski definition) is 3. The summed E-state index contributed by atoms with van der Waals surface area (Å²) in [6.07, 6.45) is -1.52. The summed E-state index contributed by atoms with van der Waals surface area (Å²) in [5.74, 6) is -1.40. The molecule has 5 heteroatoms. The lowest BCUT2D eigenvalue weighted by Crippen LogP contribution is -2.28. The molecule has 1 saturated heterocycles. The number of carbonyl (C=O) groups excluding carboxylic acids is 2. The lowest BCUT2D eigenvalue weighted by Gasteiger charge is -1.86. The summed E-state index contributed by atoms with van der Waals surface area (Å²) in [6.45, 7) is 0. The first-order valence-corrected chi connectivity index (χ1v) is 1.99. The van der Waals surface area contributed by atoms with Crippen molar-refractivity contribution in [2.75, 3.05) is 0 Å². The van der Waals surface area contributed by atoms with E-state index >= 15 is 0 Å². The van der Waals surface area contributed by atoms with Gasteiger partial charge in [-0.2, -0.15) is 0 Å². The van der Waals surface area contributed by atoms with Crippen LogP contribution in [0.1, 0.15) is 0 Å². The summed E-state index contributed by atoms with van der Waals surface area (Å²) in [4.78, 5) is 20.3. The Morgan fingerprint density at radius 3 is 1.75 bits per heavy atom. The van der Waals surface area contributed by atoms with Crippen molar-refractivity contribution in [1.29, 1.82) is 0 Å². The van der Waals surface area contributed by atoms with Crippen molar-refractivity contribution in [3.05, 3.63) is 0 Å². The predicted octanol–water partition coefficient (Wildman–Crippen LogP) is -2.49. The van der Waals surface area contributed by atoms with E-state index in [0.717, 1.165) is 0 Å². The maximum atomic E-state index is 10.1. The molecule has 0 aliphatic carbocycles. The smallest absolute Gasteiger partial charge is 0.277 e. The van der Waals surface area contributed by atoms with Crippen LogP contribution < -0.4 is 10.9 Å². The monoisotopic (exact) mass is 116 g/mol. The van der Waals surface area contributed by atoms with Crippen LogP contribution in [0.5, 0.6) is 0 Å². The molecule has 1 aliphatic heterocycles. The Kier molecular flexibility index (Phi) is 0.911. The van der Waals surface area contributed by atoms with Crippen LogP contribution in [0.2, 0.25) is 0 Å². The van der Waals surface area contributed by atoms with E-state index < -0.39 is 17.9 Å². The van der Waals surface area contributed by atoms with Gasteiger partial charge in [-0.05, 0) is 0 Å². The number of amides is 2. The second kappa shape index (κ2) is 1.45. The Morgan fingerprint density at radius 2 is 1.62 bits per heavy atom. The highest BCUT2D eigenvalue weighted by molar-refractivity contribution is 6.07. The standard InChI is InChI=1S/C3H4N2O3/c6-1-2(7)4-5-3(1)8/h1,6H,(H,4,7)(H,5,8). The third-order valence-corrected chi connectivity index (χ3v) is 0.806. The van der Waals surface area contributed by atoms with Crippen molar-refractivity contribution in [3.63, 3.8) is 0 Å². The summed E-state index contributed by atoms with van der Waals surface area (Å²) in [6, 6.07) is 0. The van der Waals surface area contributed by atoms with Crippen LogP contribution in [-0.4, -0.2) is 23.0 Å². The lowest BCUT2D eigenvalue weighted by atomic mass is 10.4. The van der Waals surface area contributed by atoms with Gasteiger partial charge in [0.25, 0.3) is 11.8 Å². The van der Waals surface area contributed by atoms with Crippen LogP contribution in [0.3, 0.4) is 0 Å². The molecule has 0 aromatic rings. The van der Waals surface area contributed by atoms with Gasteiger partial charge in [0.1, 0.15) is 0 Å². The molecule has 2 amide bonds. The van der Waals surface area contributed by atoms with Crippen molar-refractivity contribution in [2.24, 2.45) is 0 Å². The van der Waals surface area contributed by atoms with Gasteiger partial charge in [-0.25, -0.2) is 0 Å². The number of aliphatic hydroxyl groups excluding tert-OH is 1. The molecule has 0 atom stereocenters. The van der Waals surface area contributed by atoms with E-state index in [1.54, 1.807) is 0 Å². The van der Waals surface area contributed by atoms with Crippen molar-refractivity contribution in [1.82, 2.24) is 10.9 Å². The van der Waals surface area contributed by atoms with E-state index in [-0.39, 0.29) is 0 Å². The average Bonchev–Trinajstić information content (AvgIpc) is 1.98. The van der Waals surface area contributed by atoms with Crippen molar-refractivity contribution < 1.29 is 14.7 Å². The predicted molar refractivity (Wildman–Crippen MR) is 22.3 cm³/mol. The molecule has 8 heavy (non-hydrogen) atoms. The minimum Gasteiger partial charge on any atom is -0.374 e. The highest BCUT2D eigenvalue weighted by Gasteiger charge is 2.29. The number of aliphatic hydroxyl groups is 1. The van der Waals surface area contributed by atoms with E-state index in [1.807, 2.05) is 10.9 Å². The molecule has 0 unspecified atom stereocenters. The quantitative estimate of drug-likeness (QED) is 0.306. The minimum atomic E-state index is -1.52. The van der Waals surface area contributed by atoms with Crippen LogP contribution >= 0.6 is 0 Å². The maximum absolute atomic E-state index is 10.1. The molecular weight excluding hydrogens is 112 g/mol. The molecule has 1 fully saturated rings. The van der Waals surface area contributed by atoms with Gasteiger partial charge in [0.2, 0.25) is 6.10 Å². The van der Waals surface area contributed by atoms with E-state index in [9.17, 15) is 9.59 Å². The molecule has 0 spiro atoms. The number of hydrogen-bond acceptors (Lipinski definition) is 3. The van der Waals surface area contributed by atoms with Crippen molar-refractivity contribution in [3.8, 4) is 0 Å². The molecule has 3 N–H and O–H groups in total. The Bertz CT molecular complexity index is 127. The molecular formula is C3H4N2O3. The average molecular weight is 116 g/mol. The molecule has 0 bridgehead atoms. The van der Waals surface area contributed by atoms with E-state index in [0.29, 0.717) is 0 Å². The first kappa shape index (κ1) is 5.04. The SMILES string of the molecule is O=C1NNC(=O)C1O. The van der Waals surface area contributed by atoms with Crippen LogP contribution in [0.4, 0.5) is 0 Å². The molecule has 1 heterocycles. The van der Waals surface area contributed by atoms with Gasteiger partial charge in [0.15, 0.2) is 0 Å². The fourth-order valence-corrected chi connectivity index (χ4v) is 0.379. The molecule has 5 nitrogen and oxygen atoms in total. The molecule has 0 radical (unpaired) electrons. The van der Waals surface area contributed by atoms with Gasteiger partial charge in [-0.3, -0.25) is 20.4 Å². The third kappa shape index (κ3) is 0.526. The zero-order valence-corrected chi connectivity index (χ0v) is 3.84. The van der Waals surface area contributed by atoms with Gasteiger partial charge in [-0.1, -0.05) is 0 Å². The first-order chi connectivity index (χ1) is 3.72. The highest BCUT2D eigenvalue weighted by Crippen LogP contribution is 1.86. The van der Waals surface area contributed by atoms with Crippen molar-refractivity contribution in [2.45, 2.75) is 6.10 Å². The fourth-order valence-electron chi connectivity index (χ4n) is 0.379. The summed E-state index contributed by atoms with van der Waals surface area (Å²) < 4.78 is 0.